The first-order valence-corrected chi connectivity index (χ1v) is 17.8. The van der Waals surface area contributed by atoms with Crippen molar-refractivity contribution >= 4 is 73.0 Å². The van der Waals surface area contributed by atoms with Gasteiger partial charge in [0.25, 0.3) is 0 Å². The van der Waals surface area contributed by atoms with Crippen molar-refractivity contribution in [2.24, 2.45) is 12.5 Å². The van der Waals surface area contributed by atoms with Crippen LogP contribution in [0.25, 0.3) is 59.8 Å². The maximum atomic E-state index is 2.68. The number of hydrogen-bond donors (Lipinski definition) is 0. The molecule has 0 bridgehead atoms. The molecule has 0 radical (unpaired) electrons. The second-order valence-electron chi connectivity index (χ2n) is 14.1. The molecule has 0 spiro atoms. The lowest BCUT2D eigenvalue weighted by Crippen LogP contribution is -2.38. The molecule has 0 amide bonds. The first kappa shape index (κ1) is 24.6. The van der Waals surface area contributed by atoms with Crippen molar-refractivity contribution in [2.75, 3.05) is 0 Å². The Morgan fingerprint density at radius 1 is 0.795 bits per heavy atom. The van der Waals surface area contributed by atoms with Crippen LogP contribution in [0.3, 0.4) is 0 Å². The van der Waals surface area contributed by atoms with Crippen molar-refractivity contribution in [3.8, 4) is 0 Å². The number of aromatic nitrogens is 2. The van der Waals surface area contributed by atoms with Gasteiger partial charge in [-0.2, -0.15) is 0 Å². The van der Waals surface area contributed by atoms with E-state index >= 15 is 0 Å². The van der Waals surface area contributed by atoms with E-state index in [0.717, 1.165) is 6.42 Å². The van der Waals surface area contributed by atoms with Crippen LogP contribution in [0.1, 0.15) is 37.5 Å². The Labute approximate surface area is 232 Å². The molecule has 0 saturated heterocycles. The molecule has 0 aliphatic heterocycles. The Hall–Kier alpha value is -3.43. The topological polar surface area (TPSA) is 8.29 Å². The minimum Gasteiger partial charge on any atom is -0.307 e. The average molecular weight is 528 g/mol. The summed E-state index contributed by atoms with van der Waals surface area (Å²) in [6.07, 6.45) is 3.30. The van der Waals surface area contributed by atoms with E-state index in [9.17, 15) is 0 Å². The maximum absolute atomic E-state index is 2.68. The Morgan fingerprint density at radius 2 is 1.54 bits per heavy atom. The highest BCUT2D eigenvalue weighted by atomic mass is 28.3. The average Bonchev–Trinajstić information content (AvgIpc) is 3.20. The number of pyridine rings is 2. The van der Waals surface area contributed by atoms with E-state index < -0.39 is 8.07 Å². The quantitative estimate of drug-likeness (QED) is 0.0919. The van der Waals surface area contributed by atoms with Crippen molar-refractivity contribution in [1.29, 1.82) is 0 Å². The Bertz CT molecular complexity index is 2130. The minimum atomic E-state index is -1.65. The molecule has 3 heteroatoms. The zero-order chi connectivity index (χ0) is 27.6. The van der Waals surface area contributed by atoms with Gasteiger partial charge in [-0.3, -0.25) is 0 Å². The van der Waals surface area contributed by atoms with Gasteiger partial charge in [-0.1, -0.05) is 88.4 Å². The van der Waals surface area contributed by atoms with E-state index in [2.05, 4.69) is 131 Å². The third-order valence-corrected chi connectivity index (χ3v) is 10.8. The lowest BCUT2D eigenvalue weighted by Gasteiger charge is -2.25. The number of hydrogen-bond acceptors (Lipinski definition) is 0. The summed E-state index contributed by atoms with van der Waals surface area (Å²) in [4.78, 5) is 0. The predicted octanol–water partition coefficient (Wildman–Crippen LogP) is 8.72. The molecule has 0 fully saturated rings. The molecule has 2 nitrogen and oxygen atoms in total. The first-order valence-electron chi connectivity index (χ1n) is 14.3. The number of benzene rings is 4. The van der Waals surface area contributed by atoms with Gasteiger partial charge < -0.3 is 4.40 Å². The van der Waals surface area contributed by atoms with Gasteiger partial charge in [0.2, 0.25) is 5.52 Å². The Balaban J connectivity index is 1.95. The molecule has 7 aromatic rings. The molecule has 0 saturated carbocycles. The van der Waals surface area contributed by atoms with Crippen LogP contribution >= 0.6 is 0 Å². The molecule has 4 aromatic carbocycles. The number of fused-ring (bicyclic) bond motifs is 7. The van der Waals surface area contributed by atoms with Gasteiger partial charge >= 0.3 is 0 Å². The van der Waals surface area contributed by atoms with Gasteiger partial charge in [0, 0.05) is 16.8 Å². The fourth-order valence-corrected chi connectivity index (χ4v) is 8.80. The molecule has 0 aliphatic rings. The fraction of sp³-hybridized carbons (Fsp3) is 0.306. The van der Waals surface area contributed by atoms with Crippen molar-refractivity contribution in [3.05, 3.63) is 77.5 Å². The molecule has 7 rings (SSSR count). The predicted molar refractivity (Wildman–Crippen MR) is 173 cm³/mol. The second kappa shape index (κ2) is 7.82. The number of aryl methyl sites for hydroxylation is 3. The normalized spacial score (nSPS) is 13.4. The summed E-state index contributed by atoms with van der Waals surface area (Å²) in [6.45, 7) is 19.2. The van der Waals surface area contributed by atoms with Gasteiger partial charge in [0.05, 0.1) is 35.4 Å². The first-order chi connectivity index (χ1) is 18.4. The highest BCUT2D eigenvalue weighted by molar-refractivity contribution is 6.91. The molecule has 39 heavy (non-hydrogen) atoms. The van der Waals surface area contributed by atoms with Crippen LogP contribution in [0.4, 0.5) is 0 Å². The lowest BCUT2D eigenvalue weighted by molar-refractivity contribution is -0.643. The van der Waals surface area contributed by atoms with E-state index in [1.807, 2.05) is 0 Å². The molecule has 0 aliphatic carbocycles. The summed E-state index contributed by atoms with van der Waals surface area (Å²) in [5, 5.41) is 11.4. The van der Waals surface area contributed by atoms with Crippen molar-refractivity contribution < 1.29 is 4.57 Å². The van der Waals surface area contributed by atoms with E-state index in [0.29, 0.717) is 0 Å². The van der Waals surface area contributed by atoms with Gasteiger partial charge in [0.15, 0.2) is 6.20 Å². The summed E-state index contributed by atoms with van der Waals surface area (Å²) >= 11 is 0. The monoisotopic (exact) mass is 527 g/mol. The molecule has 0 N–H and O–H groups in total. The van der Waals surface area contributed by atoms with Gasteiger partial charge in [-0.15, -0.1) is 0 Å². The third-order valence-electron chi connectivity index (χ3n) is 8.81. The molecule has 196 valence electrons. The summed E-state index contributed by atoms with van der Waals surface area (Å²) in [6, 6.07) is 21.1. The summed E-state index contributed by atoms with van der Waals surface area (Å²) < 4.78 is 5.05. The molecule has 0 unspecified atom stereocenters. The second-order valence-corrected chi connectivity index (χ2v) is 19.1. The zero-order valence-corrected chi connectivity index (χ0v) is 25.9. The largest absolute Gasteiger partial charge is 0.307 e. The van der Waals surface area contributed by atoms with E-state index in [4.69, 9.17) is 0 Å². The standard InChI is InChI=1S/C36H39N2Si/c1-21-14-15-24-22(2)30-33(27(26(24)18-21)20-36(3,4)5)38-28-13-11-10-12-25(28)32-29(39(7,8)9)19-23-16-17-37(6)34(30)31(23)35(32)38/h10-19H,20H2,1-9H3/q+1. The van der Waals surface area contributed by atoms with E-state index in [1.165, 1.54) is 76.5 Å². The highest BCUT2D eigenvalue weighted by Crippen LogP contribution is 2.45. The smallest absolute Gasteiger partial charge is 0.224 e. The van der Waals surface area contributed by atoms with Crippen LogP contribution < -0.4 is 9.75 Å². The van der Waals surface area contributed by atoms with Crippen LogP contribution in [0.2, 0.25) is 19.6 Å². The molecular weight excluding hydrogens is 488 g/mol. The van der Waals surface area contributed by atoms with Crippen LogP contribution in [-0.2, 0) is 13.5 Å². The van der Waals surface area contributed by atoms with E-state index in [-0.39, 0.29) is 5.41 Å². The van der Waals surface area contributed by atoms with Crippen LogP contribution in [0.15, 0.2) is 60.8 Å². The minimum absolute atomic E-state index is 0.149. The molecule has 3 heterocycles. The number of nitrogens with zero attached hydrogens (tertiary/aromatic N) is 2. The number of para-hydroxylation sites is 1. The lowest BCUT2D eigenvalue weighted by atomic mass is 9.83. The summed E-state index contributed by atoms with van der Waals surface area (Å²) in [5.41, 5.74) is 9.83. The summed E-state index contributed by atoms with van der Waals surface area (Å²) in [5.74, 6) is 0. The van der Waals surface area contributed by atoms with Gasteiger partial charge in [0.1, 0.15) is 7.05 Å². The molecule has 3 aromatic heterocycles. The Morgan fingerprint density at radius 3 is 2.26 bits per heavy atom. The van der Waals surface area contributed by atoms with Gasteiger partial charge in [-0.05, 0) is 64.2 Å². The van der Waals surface area contributed by atoms with Gasteiger partial charge in [-0.25, -0.2) is 4.57 Å². The summed E-state index contributed by atoms with van der Waals surface area (Å²) in [7, 11) is 0.582. The van der Waals surface area contributed by atoms with Crippen molar-refractivity contribution in [1.82, 2.24) is 4.40 Å². The maximum Gasteiger partial charge on any atom is 0.224 e. The van der Waals surface area contributed by atoms with E-state index in [1.54, 1.807) is 5.19 Å². The third kappa shape index (κ3) is 3.35. The van der Waals surface area contributed by atoms with Crippen LogP contribution in [-0.4, -0.2) is 12.5 Å². The molecule has 0 atom stereocenters. The van der Waals surface area contributed by atoms with Crippen LogP contribution in [0, 0.1) is 19.3 Å². The molecular formula is C36H39N2Si+. The highest BCUT2D eigenvalue weighted by Gasteiger charge is 2.31. The van der Waals surface area contributed by atoms with Crippen LogP contribution in [0.5, 0.6) is 0 Å². The zero-order valence-electron chi connectivity index (χ0n) is 24.9. The Kier molecular flexibility index (Phi) is 4.93. The van der Waals surface area contributed by atoms with Crippen molar-refractivity contribution in [2.45, 2.75) is 60.7 Å². The van der Waals surface area contributed by atoms with Crippen molar-refractivity contribution in [3.63, 3.8) is 0 Å². The fourth-order valence-electron chi connectivity index (χ4n) is 7.21. The SMILES string of the molecule is Cc1ccc2c(C)c3c(c(CC(C)(C)C)c2c1)n1c2ccccc2c2c([Si](C)(C)C)cc4cc[n+](C)c3c4c21. The number of rotatable bonds is 2.